The fourth-order valence-electron chi connectivity index (χ4n) is 2.70. The highest BCUT2D eigenvalue weighted by atomic mass is 19.4. The summed E-state index contributed by atoms with van der Waals surface area (Å²) in [5, 5.41) is 5.76. The Bertz CT molecular complexity index is 508. The topological polar surface area (TPSA) is 41.1 Å². The summed E-state index contributed by atoms with van der Waals surface area (Å²) in [6.07, 6.45) is -3.08. The number of carbonyl (C=O) groups is 1. The standard InChI is InChI=1S/C15H19F3N2O/c1-2-20-14(21)11-3-4-13(15(16,17)18)12(9-11)10-5-7-19-8-6-10/h3-4,9-10,19H,2,5-8H2,1H3,(H,20,21). The van der Waals surface area contributed by atoms with Crippen LogP contribution in [0.3, 0.4) is 0 Å². The predicted molar refractivity (Wildman–Crippen MR) is 74.3 cm³/mol. The molecule has 1 aromatic carbocycles. The van der Waals surface area contributed by atoms with Crippen molar-refractivity contribution in [3.05, 3.63) is 34.9 Å². The summed E-state index contributed by atoms with van der Waals surface area (Å²) in [7, 11) is 0. The van der Waals surface area contributed by atoms with Crippen LogP contribution in [-0.4, -0.2) is 25.5 Å². The molecular formula is C15H19F3N2O. The van der Waals surface area contributed by atoms with Crippen LogP contribution in [0.1, 0.15) is 47.2 Å². The van der Waals surface area contributed by atoms with Crippen molar-refractivity contribution in [3.8, 4) is 0 Å². The van der Waals surface area contributed by atoms with Crippen molar-refractivity contribution in [1.82, 2.24) is 10.6 Å². The van der Waals surface area contributed by atoms with Gasteiger partial charge in [-0.05, 0) is 62.5 Å². The highest BCUT2D eigenvalue weighted by Gasteiger charge is 2.35. The Morgan fingerprint density at radius 1 is 1.33 bits per heavy atom. The third kappa shape index (κ3) is 3.75. The van der Waals surface area contributed by atoms with Crippen LogP contribution < -0.4 is 10.6 Å². The minimum atomic E-state index is -4.39. The molecule has 1 fully saturated rings. The van der Waals surface area contributed by atoms with Crippen LogP contribution in [0.2, 0.25) is 0 Å². The number of hydrogen-bond acceptors (Lipinski definition) is 2. The van der Waals surface area contributed by atoms with Crippen LogP contribution in [0.5, 0.6) is 0 Å². The fraction of sp³-hybridized carbons (Fsp3) is 0.533. The SMILES string of the molecule is CCNC(=O)c1ccc(C(F)(F)F)c(C2CCNCC2)c1. The maximum absolute atomic E-state index is 13.2. The first-order valence-electron chi connectivity index (χ1n) is 7.13. The Labute approximate surface area is 121 Å². The lowest BCUT2D eigenvalue weighted by Gasteiger charge is -2.26. The van der Waals surface area contributed by atoms with Gasteiger partial charge in [-0.3, -0.25) is 4.79 Å². The number of benzene rings is 1. The monoisotopic (exact) mass is 300 g/mol. The number of amides is 1. The molecule has 2 N–H and O–H groups in total. The van der Waals surface area contributed by atoms with Gasteiger partial charge in [0.15, 0.2) is 0 Å². The summed E-state index contributed by atoms with van der Waals surface area (Å²) in [6, 6.07) is 3.68. The number of carbonyl (C=O) groups excluding carboxylic acids is 1. The van der Waals surface area contributed by atoms with Gasteiger partial charge in [0.1, 0.15) is 0 Å². The lowest BCUT2D eigenvalue weighted by atomic mass is 9.85. The Balaban J connectivity index is 2.40. The van der Waals surface area contributed by atoms with Crippen LogP contribution in [-0.2, 0) is 6.18 Å². The molecule has 1 saturated heterocycles. The molecule has 21 heavy (non-hydrogen) atoms. The number of alkyl halides is 3. The van der Waals surface area contributed by atoms with Gasteiger partial charge >= 0.3 is 6.18 Å². The van der Waals surface area contributed by atoms with Crippen LogP contribution in [0, 0.1) is 0 Å². The van der Waals surface area contributed by atoms with Crippen LogP contribution in [0.4, 0.5) is 13.2 Å². The number of rotatable bonds is 3. The van der Waals surface area contributed by atoms with Crippen molar-refractivity contribution >= 4 is 5.91 Å². The van der Waals surface area contributed by atoms with E-state index >= 15 is 0 Å². The summed E-state index contributed by atoms with van der Waals surface area (Å²) in [4.78, 5) is 11.8. The number of piperidine rings is 1. The Kier molecular flexibility index (Phi) is 4.88. The normalized spacial score (nSPS) is 16.8. The highest BCUT2D eigenvalue weighted by molar-refractivity contribution is 5.94. The highest BCUT2D eigenvalue weighted by Crippen LogP contribution is 2.38. The van der Waals surface area contributed by atoms with Crippen molar-refractivity contribution in [2.45, 2.75) is 31.9 Å². The zero-order valence-corrected chi connectivity index (χ0v) is 11.9. The second-order valence-electron chi connectivity index (χ2n) is 5.18. The summed E-state index contributed by atoms with van der Waals surface area (Å²) in [6.45, 7) is 3.62. The van der Waals surface area contributed by atoms with E-state index in [2.05, 4.69) is 10.6 Å². The van der Waals surface area contributed by atoms with E-state index in [1.54, 1.807) is 6.92 Å². The first-order chi connectivity index (χ1) is 9.93. The van der Waals surface area contributed by atoms with Gasteiger partial charge in [0, 0.05) is 12.1 Å². The van der Waals surface area contributed by atoms with Crippen LogP contribution in [0.25, 0.3) is 0 Å². The lowest BCUT2D eigenvalue weighted by Crippen LogP contribution is -2.28. The van der Waals surface area contributed by atoms with E-state index in [1.165, 1.54) is 12.1 Å². The summed E-state index contributed by atoms with van der Waals surface area (Å²) >= 11 is 0. The van der Waals surface area contributed by atoms with E-state index in [0.717, 1.165) is 6.07 Å². The minimum absolute atomic E-state index is 0.155. The molecular weight excluding hydrogens is 281 g/mol. The fourth-order valence-corrected chi connectivity index (χ4v) is 2.70. The van der Waals surface area contributed by atoms with E-state index in [0.29, 0.717) is 38.0 Å². The van der Waals surface area contributed by atoms with E-state index in [4.69, 9.17) is 0 Å². The smallest absolute Gasteiger partial charge is 0.352 e. The predicted octanol–water partition coefficient (Wildman–Crippen LogP) is 2.92. The summed E-state index contributed by atoms with van der Waals surface area (Å²) < 4.78 is 39.5. The van der Waals surface area contributed by atoms with Crippen molar-refractivity contribution in [2.24, 2.45) is 0 Å². The molecule has 0 aromatic heterocycles. The van der Waals surface area contributed by atoms with E-state index in [1.807, 2.05) is 0 Å². The summed E-state index contributed by atoms with van der Waals surface area (Å²) in [5.74, 6) is -0.487. The van der Waals surface area contributed by atoms with Crippen molar-refractivity contribution in [1.29, 1.82) is 0 Å². The third-order valence-corrected chi connectivity index (χ3v) is 3.74. The Morgan fingerprint density at radius 3 is 2.57 bits per heavy atom. The van der Waals surface area contributed by atoms with E-state index in [9.17, 15) is 18.0 Å². The minimum Gasteiger partial charge on any atom is -0.352 e. The molecule has 3 nitrogen and oxygen atoms in total. The zero-order valence-electron chi connectivity index (χ0n) is 11.9. The second kappa shape index (κ2) is 6.47. The van der Waals surface area contributed by atoms with Crippen molar-refractivity contribution < 1.29 is 18.0 Å². The number of nitrogens with one attached hydrogen (secondary N) is 2. The van der Waals surface area contributed by atoms with Gasteiger partial charge in [-0.1, -0.05) is 0 Å². The molecule has 0 bridgehead atoms. The molecule has 0 saturated carbocycles. The molecule has 1 heterocycles. The quantitative estimate of drug-likeness (QED) is 0.901. The van der Waals surface area contributed by atoms with Gasteiger partial charge in [0.05, 0.1) is 5.56 Å². The molecule has 0 unspecified atom stereocenters. The van der Waals surface area contributed by atoms with Gasteiger partial charge in [0.2, 0.25) is 0 Å². The summed E-state index contributed by atoms with van der Waals surface area (Å²) in [5.41, 5.74) is -0.0893. The maximum atomic E-state index is 13.2. The largest absolute Gasteiger partial charge is 0.416 e. The first kappa shape index (κ1) is 15.8. The van der Waals surface area contributed by atoms with Crippen LogP contribution >= 0.6 is 0 Å². The third-order valence-electron chi connectivity index (χ3n) is 3.74. The molecule has 0 aliphatic carbocycles. The van der Waals surface area contributed by atoms with Gasteiger partial charge in [-0.25, -0.2) is 0 Å². The van der Waals surface area contributed by atoms with E-state index < -0.39 is 11.7 Å². The van der Waals surface area contributed by atoms with Gasteiger partial charge in [-0.2, -0.15) is 13.2 Å². The molecule has 0 atom stereocenters. The van der Waals surface area contributed by atoms with E-state index in [-0.39, 0.29) is 17.4 Å². The molecule has 1 aromatic rings. The first-order valence-corrected chi connectivity index (χ1v) is 7.13. The molecule has 6 heteroatoms. The number of halogens is 3. The molecule has 1 amide bonds. The molecule has 2 rings (SSSR count). The van der Waals surface area contributed by atoms with Gasteiger partial charge < -0.3 is 10.6 Å². The average molecular weight is 300 g/mol. The maximum Gasteiger partial charge on any atom is 0.416 e. The van der Waals surface area contributed by atoms with Crippen LogP contribution in [0.15, 0.2) is 18.2 Å². The zero-order chi connectivity index (χ0) is 15.5. The second-order valence-corrected chi connectivity index (χ2v) is 5.18. The van der Waals surface area contributed by atoms with Crippen molar-refractivity contribution in [3.63, 3.8) is 0 Å². The molecule has 0 spiro atoms. The van der Waals surface area contributed by atoms with Gasteiger partial charge in [-0.15, -0.1) is 0 Å². The number of hydrogen-bond donors (Lipinski definition) is 2. The Morgan fingerprint density at radius 2 is 2.00 bits per heavy atom. The molecule has 116 valence electrons. The molecule has 1 aliphatic rings. The average Bonchev–Trinajstić information content (AvgIpc) is 2.47. The molecule has 0 radical (unpaired) electrons. The van der Waals surface area contributed by atoms with Crippen molar-refractivity contribution in [2.75, 3.05) is 19.6 Å². The van der Waals surface area contributed by atoms with Gasteiger partial charge in [0.25, 0.3) is 5.91 Å². The Hall–Kier alpha value is -1.56. The molecule has 1 aliphatic heterocycles. The lowest BCUT2D eigenvalue weighted by molar-refractivity contribution is -0.138.